The molecule has 0 fully saturated rings. The summed E-state index contributed by atoms with van der Waals surface area (Å²) in [6, 6.07) is 12.0. The molecule has 0 radical (unpaired) electrons. The van der Waals surface area contributed by atoms with Gasteiger partial charge in [-0.1, -0.05) is 12.1 Å². The first-order chi connectivity index (χ1) is 11.3. The van der Waals surface area contributed by atoms with E-state index in [0.717, 1.165) is 6.26 Å². The van der Waals surface area contributed by atoms with Crippen LogP contribution < -0.4 is 14.8 Å². The summed E-state index contributed by atoms with van der Waals surface area (Å²) in [5, 5.41) is 2.79. The van der Waals surface area contributed by atoms with E-state index in [1.807, 2.05) is 6.92 Å². The molecule has 2 N–H and O–H groups in total. The first kappa shape index (κ1) is 17.8. The van der Waals surface area contributed by atoms with Crippen LogP contribution in [-0.2, 0) is 10.0 Å². The molecule has 2 aromatic rings. The van der Waals surface area contributed by atoms with Gasteiger partial charge in [-0.05, 0) is 43.7 Å². The summed E-state index contributed by atoms with van der Waals surface area (Å²) in [5.41, 5.74) is 1.94. The molecule has 6 nitrogen and oxygen atoms in total. The first-order valence-corrected chi connectivity index (χ1v) is 9.31. The molecule has 24 heavy (non-hydrogen) atoms. The molecule has 0 aliphatic rings. The van der Waals surface area contributed by atoms with Crippen molar-refractivity contribution < 1.29 is 17.9 Å². The molecule has 2 aromatic carbocycles. The fourth-order valence-corrected chi connectivity index (χ4v) is 2.84. The minimum absolute atomic E-state index is 0.321. The van der Waals surface area contributed by atoms with Crippen molar-refractivity contribution in [2.75, 3.05) is 22.9 Å². The molecule has 0 unspecified atom stereocenters. The second kappa shape index (κ2) is 7.35. The Hall–Kier alpha value is -2.54. The number of nitrogens with one attached hydrogen (secondary N) is 2. The highest BCUT2D eigenvalue weighted by atomic mass is 32.2. The lowest BCUT2D eigenvalue weighted by atomic mass is 10.1. The van der Waals surface area contributed by atoms with E-state index in [-0.39, 0.29) is 5.91 Å². The summed E-state index contributed by atoms with van der Waals surface area (Å²) < 4.78 is 30.6. The smallest absolute Gasteiger partial charge is 0.256 e. The summed E-state index contributed by atoms with van der Waals surface area (Å²) in [7, 11) is -3.41. The predicted octanol–water partition coefficient (Wildman–Crippen LogP) is 3.02. The second-order valence-electron chi connectivity index (χ2n) is 5.27. The molecule has 2 rings (SSSR count). The van der Waals surface area contributed by atoms with Crippen LogP contribution in [0.4, 0.5) is 11.4 Å². The fraction of sp³-hybridized carbons (Fsp3) is 0.235. The minimum atomic E-state index is -3.41. The third kappa shape index (κ3) is 4.73. The molecule has 0 heterocycles. The molecule has 0 aliphatic carbocycles. The molecule has 0 aliphatic heterocycles. The number of carbonyl (C=O) groups excluding carboxylic acids is 1. The van der Waals surface area contributed by atoms with Gasteiger partial charge in [0.1, 0.15) is 5.75 Å². The van der Waals surface area contributed by atoms with E-state index in [2.05, 4.69) is 10.0 Å². The third-order valence-corrected chi connectivity index (χ3v) is 3.87. The Kier molecular flexibility index (Phi) is 5.46. The number of carbonyl (C=O) groups is 1. The van der Waals surface area contributed by atoms with Crippen molar-refractivity contribution in [2.24, 2.45) is 0 Å². The lowest BCUT2D eigenvalue weighted by molar-refractivity contribution is 0.102. The van der Waals surface area contributed by atoms with Crippen molar-refractivity contribution in [1.82, 2.24) is 0 Å². The average molecular weight is 348 g/mol. The van der Waals surface area contributed by atoms with E-state index in [1.54, 1.807) is 49.4 Å². The van der Waals surface area contributed by atoms with E-state index in [1.165, 1.54) is 0 Å². The topological polar surface area (TPSA) is 84.5 Å². The Morgan fingerprint density at radius 3 is 2.54 bits per heavy atom. The lowest BCUT2D eigenvalue weighted by Gasteiger charge is -2.13. The van der Waals surface area contributed by atoms with Gasteiger partial charge in [0.05, 0.1) is 18.6 Å². The molecule has 1 amide bonds. The maximum absolute atomic E-state index is 12.5. The molecule has 0 atom stereocenters. The van der Waals surface area contributed by atoms with Gasteiger partial charge in [-0.3, -0.25) is 9.52 Å². The Bertz CT molecular complexity index is 847. The molecular weight excluding hydrogens is 328 g/mol. The molecule has 0 saturated heterocycles. The van der Waals surface area contributed by atoms with Crippen molar-refractivity contribution in [3.8, 4) is 5.75 Å². The van der Waals surface area contributed by atoms with Crippen molar-refractivity contribution in [3.63, 3.8) is 0 Å². The molecule has 0 saturated carbocycles. The van der Waals surface area contributed by atoms with Crippen molar-refractivity contribution >= 4 is 27.3 Å². The molecule has 0 spiro atoms. The number of rotatable bonds is 6. The van der Waals surface area contributed by atoms with Crippen LogP contribution >= 0.6 is 0 Å². The number of hydrogen-bond acceptors (Lipinski definition) is 4. The van der Waals surface area contributed by atoms with Crippen molar-refractivity contribution in [3.05, 3.63) is 53.6 Å². The Morgan fingerprint density at radius 2 is 1.88 bits per heavy atom. The van der Waals surface area contributed by atoms with Crippen molar-refractivity contribution in [1.29, 1.82) is 0 Å². The third-order valence-electron chi connectivity index (χ3n) is 3.28. The average Bonchev–Trinajstić information content (AvgIpc) is 2.48. The summed E-state index contributed by atoms with van der Waals surface area (Å²) in [6.45, 7) is 4.11. The maximum atomic E-state index is 12.5. The van der Waals surface area contributed by atoms with Crippen LogP contribution in [0.1, 0.15) is 22.8 Å². The van der Waals surface area contributed by atoms with Crippen LogP contribution in [0.25, 0.3) is 0 Å². The highest BCUT2D eigenvalue weighted by Crippen LogP contribution is 2.22. The zero-order valence-electron chi connectivity index (χ0n) is 13.8. The fourth-order valence-electron chi connectivity index (χ4n) is 2.22. The van der Waals surface area contributed by atoms with E-state index in [4.69, 9.17) is 4.74 Å². The van der Waals surface area contributed by atoms with Crippen molar-refractivity contribution in [2.45, 2.75) is 13.8 Å². The monoisotopic (exact) mass is 348 g/mol. The zero-order chi connectivity index (χ0) is 17.7. The molecular formula is C17H20N2O4S. The normalized spacial score (nSPS) is 11.0. The predicted molar refractivity (Wildman–Crippen MR) is 95.2 cm³/mol. The highest BCUT2D eigenvalue weighted by Gasteiger charge is 2.14. The standard InChI is InChI=1S/C17H20N2O4S/c1-4-23-14-8-5-7-13(11-14)18-17(20)15-9-6-10-16(12(15)2)19-24(3,21)22/h5-11,19H,4H2,1-3H3,(H,18,20). The van der Waals surface area contributed by atoms with Gasteiger partial charge in [0.25, 0.3) is 5.91 Å². The van der Waals surface area contributed by atoms with Gasteiger partial charge in [-0.15, -0.1) is 0 Å². The van der Waals surface area contributed by atoms with Gasteiger partial charge < -0.3 is 10.1 Å². The quantitative estimate of drug-likeness (QED) is 0.840. The Morgan fingerprint density at radius 1 is 1.17 bits per heavy atom. The number of amides is 1. The largest absolute Gasteiger partial charge is 0.494 e. The summed E-state index contributed by atoms with van der Waals surface area (Å²) in [4.78, 5) is 12.5. The Labute approximate surface area is 141 Å². The number of benzene rings is 2. The van der Waals surface area contributed by atoms with Gasteiger partial charge in [-0.2, -0.15) is 0 Å². The van der Waals surface area contributed by atoms with E-state index in [9.17, 15) is 13.2 Å². The van der Waals surface area contributed by atoms with Gasteiger partial charge in [-0.25, -0.2) is 8.42 Å². The highest BCUT2D eigenvalue weighted by molar-refractivity contribution is 7.92. The first-order valence-electron chi connectivity index (χ1n) is 7.42. The van der Waals surface area contributed by atoms with Crippen LogP contribution in [0.5, 0.6) is 5.75 Å². The van der Waals surface area contributed by atoms with Gasteiger partial charge in [0.2, 0.25) is 10.0 Å². The summed E-state index contributed by atoms with van der Waals surface area (Å²) in [5.74, 6) is 0.345. The van der Waals surface area contributed by atoms with Crippen LogP contribution in [0.2, 0.25) is 0 Å². The molecule has 128 valence electrons. The number of hydrogen-bond donors (Lipinski definition) is 2. The lowest BCUT2D eigenvalue weighted by Crippen LogP contribution is -2.16. The van der Waals surface area contributed by atoms with Crippen LogP contribution in [0.15, 0.2) is 42.5 Å². The SMILES string of the molecule is CCOc1cccc(NC(=O)c2cccc(NS(C)(=O)=O)c2C)c1. The van der Waals surface area contributed by atoms with Gasteiger partial charge in [0, 0.05) is 17.3 Å². The maximum Gasteiger partial charge on any atom is 0.256 e. The number of ether oxygens (including phenoxy) is 1. The van der Waals surface area contributed by atoms with Crippen LogP contribution in [-0.4, -0.2) is 27.2 Å². The van der Waals surface area contributed by atoms with Gasteiger partial charge in [0.15, 0.2) is 0 Å². The van der Waals surface area contributed by atoms with Crippen LogP contribution in [0, 0.1) is 6.92 Å². The molecule has 7 heteroatoms. The number of anilines is 2. The second-order valence-corrected chi connectivity index (χ2v) is 7.02. The van der Waals surface area contributed by atoms with E-state index >= 15 is 0 Å². The van der Waals surface area contributed by atoms with Gasteiger partial charge >= 0.3 is 0 Å². The zero-order valence-corrected chi connectivity index (χ0v) is 14.6. The molecule has 0 aromatic heterocycles. The number of sulfonamides is 1. The molecule has 0 bridgehead atoms. The van der Waals surface area contributed by atoms with E-state index in [0.29, 0.717) is 34.9 Å². The Balaban J connectivity index is 2.24. The minimum Gasteiger partial charge on any atom is -0.494 e. The summed E-state index contributed by atoms with van der Waals surface area (Å²) in [6.07, 6.45) is 1.07. The van der Waals surface area contributed by atoms with Crippen LogP contribution in [0.3, 0.4) is 0 Å². The van der Waals surface area contributed by atoms with E-state index < -0.39 is 10.0 Å². The summed E-state index contributed by atoms with van der Waals surface area (Å²) >= 11 is 0.